The van der Waals surface area contributed by atoms with E-state index in [1.54, 1.807) is 11.3 Å². The van der Waals surface area contributed by atoms with E-state index in [1.165, 1.54) is 29.7 Å². The predicted octanol–water partition coefficient (Wildman–Crippen LogP) is 3.60. The molecule has 0 N–H and O–H groups in total. The second kappa shape index (κ2) is 5.67. The van der Waals surface area contributed by atoms with Gasteiger partial charge in [0.15, 0.2) is 0 Å². The molecule has 0 aromatic carbocycles. The van der Waals surface area contributed by atoms with Gasteiger partial charge >= 0.3 is 0 Å². The van der Waals surface area contributed by atoms with Crippen molar-refractivity contribution in [2.45, 2.75) is 45.6 Å². The zero-order valence-corrected chi connectivity index (χ0v) is 11.6. The molecular weight excluding hydrogens is 230 g/mol. The maximum absolute atomic E-state index is 12.3. The first-order valence-electron chi connectivity index (χ1n) is 6.46. The first kappa shape index (κ1) is 12.6. The normalized spacial score (nSPS) is 17.1. The Hall–Kier alpha value is -0.830. The van der Waals surface area contributed by atoms with Crippen molar-refractivity contribution >= 4 is 17.2 Å². The largest absolute Gasteiger partial charge is 0.340 e. The third-order valence-corrected chi connectivity index (χ3v) is 4.69. The number of hydrogen-bond donors (Lipinski definition) is 0. The zero-order valence-electron chi connectivity index (χ0n) is 10.7. The lowest BCUT2D eigenvalue weighted by Crippen LogP contribution is -2.33. The third-order valence-electron chi connectivity index (χ3n) is 3.68. The standard InChI is InChI=1S/C14H21NOS/c1-11-8-9-17-13(11)10-15(2)14(16)12-6-4-3-5-7-12/h8-9,12H,3-7,10H2,1-2H3. The van der Waals surface area contributed by atoms with Gasteiger partial charge in [0.1, 0.15) is 0 Å². The molecule has 1 amide bonds. The summed E-state index contributed by atoms with van der Waals surface area (Å²) in [7, 11) is 1.94. The molecule has 1 aliphatic carbocycles. The minimum atomic E-state index is 0.286. The Bertz CT molecular complexity index is 379. The van der Waals surface area contributed by atoms with Crippen LogP contribution in [0.4, 0.5) is 0 Å². The van der Waals surface area contributed by atoms with Crippen molar-refractivity contribution in [3.05, 3.63) is 21.9 Å². The fraction of sp³-hybridized carbons (Fsp3) is 0.643. The minimum absolute atomic E-state index is 0.286. The summed E-state index contributed by atoms with van der Waals surface area (Å²) in [5, 5.41) is 2.10. The van der Waals surface area contributed by atoms with E-state index in [1.807, 2.05) is 11.9 Å². The second-order valence-corrected chi connectivity index (χ2v) is 6.06. The van der Waals surface area contributed by atoms with Gasteiger partial charge in [0.2, 0.25) is 5.91 Å². The second-order valence-electron chi connectivity index (χ2n) is 5.06. The Kier molecular flexibility index (Phi) is 4.21. The SMILES string of the molecule is Cc1ccsc1CN(C)C(=O)C1CCCCC1. The lowest BCUT2D eigenvalue weighted by Gasteiger charge is -2.26. The van der Waals surface area contributed by atoms with Crippen molar-refractivity contribution in [2.75, 3.05) is 7.05 Å². The molecule has 2 nitrogen and oxygen atoms in total. The molecular formula is C14H21NOS. The van der Waals surface area contributed by atoms with Crippen LogP contribution < -0.4 is 0 Å². The van der Waals surface area contributed by atoms with E-state index in [-0.39, 0.29) is 5.92 Å². The molecule has 1 saturated carbocycles. The first-order valence-corrected chi connectivity index (χ1v) is 7.34. The summed E-state index contributed by atoms with van der Waals surface area (Å²) in [4.78, 5) is 15.5. The predicted molar refractivity (Wildman–Crippen MR) is 72.1 cm³/mol. The Morgan fingerprint density at radius 3 is 2.71 bits per heavy atom. The number of carbonyl (C=O) groups excluding carboxylic acids is 1. The Labute approximate surface area is 108 Å². The van der Waals surface area contributed by atoms with Crippen LogP contribution in [-0.4, -0.2) is 17.9 Å². The molecule has 3 heteroatoms. The number of carbonyl (C=O) groups is 1. The van der Waals surface area contributed by atoms with Crippen molar-refractivity contribution in [1.82, 2.24) is 4.90 Å². The lowest BCUT2D eigenvalue weighted by atomic mass is 9.88. The summed E-state index contributed by atoms with van der Waals surface area (Å²) in [5.74, 6) is 0.631. The van der Waals surface area contributed by atoms with Crippen molar-refractivity contribution in [2.24, 2.45) is 5.92 Å². The van der Waals surface area contributed by atoms with E-state index in [0.29, 0.717) is 5.91 Å². The van der Waals surface area contributed by atoms with Crippen LogP contribution in [0.1, 0.15) is 42.5 Å². The maximum Gasteiger partial charge on any atom is 0.225 e. The highest BCUT2D eigenvalue weighted by Gasteiger charge is 2.24. The minimum Gasteiger partial charge on any atom is -0.340 e. The summed E-state index contributed by atoms with van der Waals surface area (Å²) in [6.07, 6.45) is 5.93. The summed E-state index contributed by atoms with van der Waals surface area (Å²) in [6, 6.07) is 2.12. The Morgan fingerprint density at radius 1 is 1.41 bits per heavy atom. The van der Waals surface area contributed by atoms with Gasteiger partial charge in [-0.1, -0.05) is 19.3 Å². The van der Waals surface area contributed by atoms with Gasteiger partial charge in [0.05, 0.1) is 6.54 Å². The lowest BCUT2D eigenvalue weighted by molar-refractivity contribution is -0.135. The van der Waals surface area contributed by atoms with Gasteiger partial charge in [-0.3, -0.25) is 4.79 Å². The number of thiophene rings is 1. The van der Waals surface area contributed by atoms with Gasteiger partial charge in [-0.05, 0) is 36.8 Å². The van der Waals surface area contributed by atoms with Crippen molar-refractivity contribution in [3.8, 4) is 0 Å². The van der Waals surface area contributed by atoms with Crippen molar-refractivity contribution in [1.29, 1.82) is 0 Å². The smallest absolute Gasteiger partial charge is 0.225 e. The van der Waals surface area contributed by atoms with E-state index in [4.69, 9.17) is 0 Å². The molecule has 17 heavy (non-hydrogen) atoms. The van der Waals surface area contributed by atoms with Gasteiger partial charge in [-0.15, -0.1) is 11.3 Å². The maximum atomic E-state index is 12.3. The van der Waals surface area contributed by atoms with Crippen LogP contribution in [0.2, 0.25) is 0 Å². The molecule has 1 heterocycles. The van der Waals surface area contributed by atoms with Crippen molar-refractivity contribution < 1.29 is 4.79 Å². The van der Waals surface area contributed by atoms with Crippen LogP contribution >= 0.6 is 11.3 Å². The van der Waals surface area contributed by atoms with E-state index < -0.39 is 0 Å². The van der Waals surface area contributed by atoms with E-state index in [0.717, 1.165) is 19.4 Å². The zero-order chi connectivity index (χ0) is 12.3. The molecule has 94 valence electrons. The van der Waals surface area contributed by atoms with Crippen LogP contribution in [0.5, 0.6) is 0 Å². The fourth-order valence-corrected chi connectivity index (χ4v) is 3.48. The van der Waals surface area contributed by atoms with Gasteiger partial charge in [0, 0.05) is 17.8 Å². The number of hydrogen-bond acceptors (Lipinski definition) is 2. The molecule has 0 saturated heterocycles. The monoisotopic (exact) mass is 251 g/mol. The van der Waals surface area contributed by atoms with Crippen LogP contribution in [0.3, 0.4) is 0 Å². The van der Waals surface area contributed by atoms with Gasteiger partial charge in [-0.25, -0.2) is 0 Å². The van der Waals surface area contributed by atoms with Crippen LogP contribution in [0.15, 0.2) is 11.4 Å². The Morgan fingerprint density at radius 2 is 2.12 bits per heavy atom. The number of amides is 1. The van der Waals surface area contributed by atoms with E-state index >= 15 is 0 Å². The molecule has 0 bridgehead atoms. The summed E-state index contributed by atoms with van der Waals surface area (Å²) < 4.78 is 0. The molecule has 1 fully saturated rings. The van der Waals surface area contributed by atoms with Crippen molar-refractivity contribution in [3.63, 3.8) is 0 Å². The average molecular weight is 251 g/mol. The van der Waals surface area contributed by atoms with Gasteiger partial charge in [0.25, 0.3) is 0 Å². The average Bonchev–Trinajstić information content (AvgIpc) is 2.75. The summed E-state index contributed by atoms with van der Waals surface area (Å²) >= 11 is 1.75. The molecule has 0 radical (unpaired) electrons. The number of aryl methyl sites for hydroxylation is 1. The number of rotatable bonds is 3. The highest BCUT2D eigenvalue weighted by atomic mass is 32.1. The summed E-state index contributed by atoms with van der Waals surface area (Å²) in [5.41, 5.74) is 1.30. The first-order chi connectivity index (χ1) is 8.18. The third kappa shape index (κ3) is 3.09. The summed E-state index contributed by atoms with van der Waals surface area (Å²) in [6.45, 7) is 2.89. The van der Waals surface area contributed by atoms with Gasteiger partial charge in [-0.2, -0.15) is 0 Å². The molecule has 0 spiro atoms. The Balaban J connectivity index is 1.93. The fourth-order valence-electron chi connectivity index (χ4n) is 2.52. The molecule has 0 atom stereocenters. The quantitative estimate of drug-likeness (QED) is 0.804. The van der Waals surface area contributed by atoms with Gasteiger partial charge < -0.3 is 4.90 Å². The molecule has 2 rings (SSSR count). The number of nitrogens with zero attached hydrogens (tertiary/aromatic N) is 1. The molecule has 0 aliphatic heterocycles. The van der Waals surface area contributed by atoms with Crippen LogP contribution in [0.25, 0.3) is 0 Å². The molecule has 1 aromatic rings. The van der Waals surface area contributed by atoms with Crippen LogP contribution in [0, 0.1) is 12.8 Å². The molecule has 1 aromatic heterocycles. The highest BCUT2D eigenvalue weighted by Crippen LogP contribution is 2.26. The highest BCUT2D eigenvalue weighted by molar-refractivity contribution is 7.10. The van der Waals surface area contributed by atoms with E-state index in [2.05, 4.69) is 18.4 Å². The molecule has 1 aliphatic rings. The van der Waals surface area contributed by atoms with Crippen LogP contribution in [-0.2, 0) is 11.3 Å². The molecule has 0 unspecified atom stereocenters. The topological polar surface area (TPSA) is 20.3 Å². The van der Waals surface area contributed by atoms with E-state index in [9.17, 15) is 4.79 Å².